The molecule has 1 aromatic heterocycles. The van der Waals surface area contributed by atoms with Gasteiger partial charge in [-0.05, 0) is 30.0 Å². The third-order valence-electron chi connectivity index (χ3n) is 6.11. The Morgan fingerprint density at radius 3 is 2.86 bits per heavy atom. The Morgan fingerprint density at radius 1 is 1.24 bits per heavy atom. The number of hydrogen-bond donors (Lipinski definition) is 2. The van der Waals surface area contributed by atoms with Crippen LogP contribution >= 0.6 is 0 Å². The molecule has 0 unspecified atom stereocenters. The van der Waals surface area contributed by atoms with Gasteiger partial charge in [-0.1, -0.05) is 30.9 Å². The number of nitrogens with zero attached hydrogens (tertiary/aromatic N) is 4. The maximum Gasteiger partial charge on any atom is 0.293 e. The van der Waals surface area contributed by atoms with Crippen LogP contribution < -0.4 is 15.4 Å². The van der Waals surface area contributed by atoms with E-state index in [1.807, 2.05) is 36.4 Å². The van der Waals surface area contributed by atoms with Crippen molar-refractivity contribution in [1.82, 2.24) is 20.2 Å². The van der Waals surface area contributed by atoms with E-state index in [2.05, 4.69) is 38.1 Å². The van der Waals surface area contributed by atoms with Gasteiger partial charge in [-0.25, -0.2) is 9.97 Å². The lowest BCUT2D eigenvalue weighted by Crippen LogP contribution is -2.38. The molecule has 37 heavy (non-hydrogen) atoms. The monoisotopic (exact) mass is 498 g/mol. The highest BCUT2D eigenvalue weighted by Gasteiger charge is 2.18. The second-order valence-corrected chi connectivity index (χ2v) is 8.65. The molecule has 2 heterocycles. The lowest BCUT2D eigenvalue weighted by atomic mass is 10.0. The Labute approximate surface area is 216 Å². The van der Waals surface area contributed by atoms with Gasteiger partial charge in [0.1, 0.15) is 5.75 Å². The van der Waals surface area contributed by atoms with Crippen molar-refractivity contribution in [3.63, 3.8) is 0 Å². The number of ether oxygens (including phenoxy) is 2. The van der Waals surface area contributed by atoms with E-state index < -0.39 is 0 Å². The van der Waals surface area contributed by atoms with Crippen molar-refractivity contribution in [2.45, 2.75) is 6.42 Å². The molecule has 4 rings (SSSR count). The molecule has 9 heteroatoms. The number of benzene rings is 2. The molecule has 0 spiro atoms. The number of anilines is 1. The standard InChI is InChI=1S/C28H30N6O3/c1-19(16-29)17-31-26-23-15-21(7-6-20(23)8-9-25(26)37-3)24-10-11-30-27(33-24)28(35)32-22-5-4-12-34(18-22)13-14-36-2/h5-11,15,31H,1,4,12-14,17-18H2,2-3H3,(H,32,35). The van der Waals surface area contributed by atoms with Gasteiger partial charge in [-0.3, -0.25) is 9.69 Å². The van der Waals surface area contributed by atoms with Gasteiger partial charge in [0, 0.05) is 61.7 Å². The van der Waals surface area contributed by atoms with Crippen molar-refractivity contribution < 1.29 is 14.3 Å². The summed E-state index contributed by atoms with van der Waals surface area (Å²) in [6.07, 6.45) is 4.49. The second kappa shape index (κ2) is 12.1. The van der Waals surface area contributed by atoms with Crippen LogP contribution in [-0.4, -0.2) is 67.8 Å². The van der Waals surface area contributed by atoms with Crippen LogP contribution in [0.25, 0.3) is 22.0 Å². The van der Waals surface area contributed by atoms with Gasteiger partial charge < -0.3 is 20.1 Å². The molecule has 2 N–H and O–H groups in total. The molecule has 0 aliphatic carbocycles. The molecular formula is C28H30N6O3. The Hall–Kier alpha value is -4.26. The van der Waals surface area contributed by atoms with Gasteiger partial charge in [0.2, 0.25) is 5.82 Å². The summed E-state index contributed by atoms with van der Waals surface area (Å²) >= 11 is 0. The SMILES string of the molecule is C=C(C#N)CNc1c(OC)ccc2ccc(-c3ccnc(C(=O)NC4=CCCN(CCOC)C4)n3)cc12. The van der Waals surface area contributed by atoms with Crippen molar-refractivity contribution in [3.05, 3.63) is 72.3 Å². The summed E-state index contributed by atoms with van der Waals surface area (Å²) < 4.78 is 10.7. The second-order valence-electron chi connectivity index (χ2n) is 8.65. The quantitative estimate of drug-likeness (QED) is 0.407. The fourth-order valence-electron chi connectivity index (χ4n) is 4.18. The van der Waals surface area contributed by atoms with E-state index in [9.17, 15) is 4.79 Å². The van der Waals surface area contributed by atoms with Crippen molar-refractivity contribution in [3.8, 4) is 23.1 Å². The molecule has 0 saturated carbocycles. The number of carbonyl (C=O) groups excluding carboxylic acids is 1. The molecule has 2 aromatic carbocycles. The molecule has 0 bridgehead atoms. The average molecular weight is 499 g/mol. The highest BCUT2D eigenvalue weighted by Crippen LogP contribution is 2.35. The van der Waals surface area contributed by atoms with E-state index in [1.165, 1.54) is 0 Å². The zero-order valence-corrected chi connectivity index (χ0v) is 21.1. The number of hydrogen-bond acceptors (Lipinski definition) is 8. The van der Waals surface area contributed by atoms with E-state index in [0.717, 1.165) is 47.2 Å². The van der Waals surface area contributed by atoms with E-state index in [-0.39, 0.29) is 11.7 Å². The van der Waals surface area contributed by atoms with Gasteiger partial charge in [0.05, 0.1) is 31.2 Å². The fourth-order valence-corrected chi connectivity index (χ4v) is 4.18. The zero-order chi connectivity index (χ0) is 26.2. The highest BCUT2D eigenvalue weighted by molar-refractivity contribution is 5.99. The van der Waals surface area contributed by atoms with E-state index in [1.54, 1.807) is 26.5 Å². The number of methoxy groups -OCH3 is 2. The Morgan fingerprint density at radius 2 is 2.08 bits per heavy atom. The number of carbonyl (C=O) groups is 1. The van der Waals surface area contributed by atoms with Crippen molar-refractivity contribution in [2.75, 3.05) is 52.3 Å². The van der Waals surface area contributed by atoms with Gasteiger partial charge in [-0.15, -0.1) is 0 Å². The summed E-state index contributed by atoms with van der Waals surface area (Å²) in [6.45, 7) is 7.08. The molecule has 1 aliphatic heterocycles. The number of aromatic nitrogens is 2. The van der Waals surface area contributed by atoms with Crippen LogP contribution in [0.5, 0.6) is 5.75 Å². The Kier molecular flexibility index (Phi) is 8.46. The zero-order valence-electron chi connectivity index (χ0n) is 21.1. The first kappa shape index (κ1) is 25.8. The minimum Gasteiger partial charge on any atom is -0.495 e. The van der Waals surface area contributed by atoms with Crippen molar-refractivity contribution >= 4 is 22.4 Å². The molecule has 0 saturated heterocycles. The third-order valence-corrected chi connectivity index (χ3v) is 6.11. The summed E-state index contributed by atoms with van der Waals surface area (Å²) in [5.74, 6) is 0.404. The average Bonchev–Trinajstić information content (AvgIpc) is 2.94. The van der Waals surface area contributed by atoms with Crippen molar-refractivity contribution in [1.29, 1.82) is 5.26 Å². The van der Waals surface area contributed by atoms with Crippen LogP contribution in [-0.2, 0) is 4.74 Å². The first-order chi connectivity index (χ1) is 18.0. The van der Waals surface area contributed by atoms with E-state index in [4.69, 9.17) is 14.7 Å². The largest absolute Gasteiger partial charge is 0.495 e. The molecule has 3 aromatic rings. The number of fused-ring (bicyclic) bond motifs is 1. The van der Waals surface area contributed by atoms with Gasteiger partial charge >= 0.3 is 0 Å². The van der Waals surface area contributed by atoms with Crippen LogP contribution in [0, 0.1) is 11.3 Å². The van der Waals surface area contributed by atoms with Crippen LogP contribution in [0.3, 0.4) is 0 Å². The smallest absolute Gasteiger partial charge is 0.293 e. The fraction of sp³-hybridized carbons (Fsp3) is 0.286. The predicted molar refractivity (Wildman–Crippen MR) is 143 cm³/mol. The molecule has 0 radical (unpaired) electrons. The summed E-state index contributed by atoms with van der Waals surface area (Å²) in [5.41, 5.74) is 3.46. The molecule has 1 aliphatic rings. The topological polar surface area (TPSA) is 112 Å². The van der Waals surface area contributed by atoms with Crippen LogP contribution in [0.2, 0.25) is 0 Å². The molecule has 9 nitrogen and oxygen atoms in total. The third kappa shape index (κ3) is 6.30. The Bertz CT molecular complexity index is 1380. The maximum atomic E-state index is 13.0. The maximum absolute atomic E-state index is 13.0. The lowest BCUT2D eigenvalue weighted by Gasteiger charge is -2.26. The first-order valence-corrected chi connectivity index (χ1v) is 12.0. The molecule has 1 amide bonds. The summed E-state index contributed by atoms with van der Waals surface area (Å²) in [5, 5.41) is 17.2. The van der Waals surface area contributed by atoms with Gasteiger partial charge in [0.25, 0.3) is 5.91 Å². The predicted octanol–water partition coefficient (Wildman–Crippen LogP) is 3.76. The molecular weight excluding hydrogens is 468 g/mol. The van der Waals surface area contributed by atoms with Crippen LogP contribution in [0.1, 0.15) is 17.0 Å². The lowest BCUT2D eigenvalue weighted by molar-refractivity contribution is 0.0947. The number of nitriles is 1. The van der Waals surface area contributed by atoms with E-state index >= 15 is 0 Å². The summed E-state index contributed by atoms with van der Waals surface area (Å²) in [7, 11) is 3.28. The molecule has 0 atom stereocenters. The van der Waals surface area contributed by atoms with E-state index in [0.29, 0.717) is 36.7 Å². The highest BCUT2D eigenvalue weighted by atomic mass is 16.5. The van der Waals surface area contributed by atoms with Gasteiger partial charge in [0.15, 0.2) is 0 Å². The van der Waals surface area contributed by atoms with Gasteiger partial charge in [-0.2, -0.15) is 5.26 Å². The summed E-state index contributed by atoms with van der Waals surface area (Å²) in [6, 6.07) is 13.6. The number of amides is 1. The molecule has 190 valence electrons. The van der Waals surface area contributed by atoms with Crippen molar-refractivity contribution in [2.24, 2.45) is 0 Å². The molecule has 0 fully saturated rings. The Balaban J connectivity index is 1.58. The first-order valence-electron chi connectivity index (χ1n) is 12.0. The normalized spacial score (nSPS) is 13.5. The number of rotatable bonds is 10. The minimum absolute atomic E-state index is 0.0989. The number of nitrogens with one attached hydrogen (secondary N) is 2. The van der Waals surface area contributed by atoms with Crippen LogP contribution in [0.4, 0.5) is 5.69 Å². The summed E-state index contributed by atoms with van der Waals surface area (Å²) in [4.78, 5) is 24.0. The van der Waals surface area contributed by atoms with Crippen LogP contribution in [0.15, 0.2) is 66.5 Å². The minimum atomic E-state index is -0.346.